The molecule has 94 valence electrons. The standard InChI is InChI=1S/C14H19F2N/c1-14(15,16)12-7-8-13(17-10-12)9-11-5-3-2-4-6-11/h7-8,10-11H,2-6,9H2,1H3. The SMILES string of the molecule is CC(F)(F)c1ccc(CC2CCCCC2)nc1. The number of nitrogens with zero attached hydrogens (tertiary/aromatic N) is 1. The maximum absolute atomic E-state index is 13.0. The first kappa shape index (κ1) is 12.5. The van der Waals surface area contributed by atoms with E-state index in [0.29, 0.717) is 5.92 Å². The summed E-state index contributed by atoms with van der Waals surface area (Å²) in [5, 5.41) is 0. The van der Waals surface area contributed by atoms with E-state index in [2.05, 4.69) is 4.98 Å². The van der Waals surface area contributed by atoms with Crippen molar-refractivity contribution in [3.63, 3.8) is 0 Å². The molecular weight excluding hydrogens is 220 g/mol. The largest absolute Gasteiger partial charge is 0.272 e. The molecule has 1 aromatic heterocycles. The van der Waals surface area contributed by atoms with Crippen molar-refractivity contribution >= 4 is 0 Å². The number of alkyl halides is 2. The van der Waals surface area contributed by atoms with Crippen molar-refractivity contribution in [3.8, 4) is 0 Å². The smallest absolute Gasteiger partial charge is 0.261 e. The fourth-order valence-corrected chi connectivity index (χ4v) is 2.49. The van der Waals surface area contributed by atoms with Gasteiger partial charge in [0.05, 0.1) is 0 Å². The molecular formula is C14H19F2N. The van der Waals surface area contributed by atoms with Gasteiger partial charge in [-0.25, -0.2) is 8.78 Å². The third-order valence-electron chi connectivity index (χ3n) is 3.55. The molecule has 2 rings (SSSR count). The molecule has 0 amide bonds. The zero-order valence-corrected chi connectivity index (χ0v) is 10.3. The first-order chi connectivity index (χ1) is 8.05. The second-order valence-electron chi connectivity index (χ2n) is 5.13. The van der Waals surface area contributed by atoms with E-state index in [1.165, 1.54) is 44.4 Å². The lowest BCUT2D eigenvalue weighted by atomic mass is 9.86. The molecule has 1 heterocycles. The van der Waals surface area contributed by atoms with Crippen LogP contribution < -0.4 is 0 Å². The highest BCUT2D eigenvalue weighted by molar-refractivity contribution is 5.18. The van der Waals surface area contributed by atoms with E-state index in [4.69, 9.17) is 0 Å². The molecule has 1 aliphatic carbocycles. The molecule has 0 spiro atoms. The highest BCUT2D eigenvalue weighted by atomic mass is 19.3. The van der Waals surface area contributed by atoms with Crippen LogP contribution in [0.2, 0.25) is 0 Å². The van der Waals surface area contributed by atoms with Crippen LogP contribution in [-0.4, -0.2) is 4.98 Å². The molecule has 0 atom stereocenters. The second kappa shape index (κ2) is 5.11. The average molecular weight is 239 g/mol. The molecule has 0 N–H and O–H groups in total. The van der Waals surface area contributed by atoms with Crippen molar-refractivity contribution in [3.05, 3.63) is 29.6 Å². The minimum atomic E-state index is -2.78. The van der Waals surface area contributed by atoms with Gasteiger partial charge in [-0.1, -0.05) is 32.1 Å². The van der Waals surface area contributed by atoms with Crippen molar-refractivity contribution in [2.75, 3.05) is 0 Å². The summed E-state index contributed by atoms with van der Waals surface area (Å²) in [6.07, 6.45) is 8.71. The third kappa shape index (κ3) is 3.48. The molecule has 1 fully saturated rings. The highest BCUT2D eigenvalue weighted by Gasteiger charge is 2.24. The van der Waals surface area contributed by atoms with E-state index in [9.17, 15) is 8.78 Å². The van der Waals surface area contributed by atoms with Gasteiger partial charge < -0.3 is 0 Å². The van der Waals surface area contributed by atoms with Gasteiger partial charge >= 0.3 is 0 Å². The van der Waals surface area contributed by atoms with E-state index in [1.807, 2.05) is 0 Å². The fourth-order valence-electron chi connectivity index (χ4n) is 2.49. The monoisotopic (exact) mass is 239 g/mol. The Morgan fingerprint density at radius 2 is 1.94 bits per heavy atom. The third-order valence-corrected chi connectivity index (χ3v) is 3.55. The summed E-state index contributed by atoms with van der Waals surface area (Å²) in [5.74, 6) is -2.08. The Morgan fingerprint density at radius 3 is 2.47 bits per heavy atom. The van der Waals surface area contributed by atoms with Gasteiger partial charge in [0.25, 0.3) is 5.92 Å². The maximum Gasteiger partial charge on any atom is 0.272 e. The normalized spacial score (nSPS) is 18.3. The van der Waals surface area contributed by atoms with E-state index < -0.39 is 5.92 Å². The lowest BCUT2D eigenvalue weighted by Gasteiger charge is -2.21. The van der Waals surface area contributed by atoms with E-state index in [1.54, 1.807) is 6.07 Å². The summed E-state index contributed by atoms with van der Waals surface area (Å²) in [4.78, 5) is 4.16. The molecule has 0 radical (unpaired) electrons. The minimum absolute atomic E-state index is 0.00453. The summed E-state index contributed by atoms with van der Waals surface area (Å²) < 4.78 is 26.0. The van der Waals surface area contributed by atoms with Crippen LogP contribution in [0.25, 0.3) is 0 Å². The Morgan fingerprint density at radius 1 is 1.24 bits per heavy atom. The van der Waals surface area contributed by atoms with E-state index >= 15 is 0 Å². The van der Waals surface area contributed by atoms with Crippen LogP contribution >= 0.6 is 0 Å². The van der Waals surface area contributed by atoms with Crippen LogP contribution in [0.5, 0.6) is 0 Å². The number of hydrogen-bond acceptors (Lipinski definition) is 1. The molecule has 17 heavy (non-hydrogen) atoms. The number of pyridine rings is 1. The Labute approximate surface area is 101 Å². The van der Waals surface area contributed by atoms with Crippen molar-refractivity contribution < 1.29 is 8.78 Å². The molecule has 1 aromatic rings. The number of aromatic nitrogens is 1. The Hall–Kier alpha value is -0.990. The molecule has 1 saturated carbocycles. The van der Waals surface area contributed by atoms with E-state index in [0.717, 1.165) is 19.0 Å². The van der Waals surface area contributed by atoms with Crippen LogP contribution in [0, 0.1) is 5.92 Å². The van der Waals surface area contributed by atoms with E-state index in [-0.39, 0.29) is 5.56 Å². The Bertz CT molecular complexity index is 347. The van der Waals surface area contributed by atoms with Gasteiger partial charge in [-0.15, -0.1) is 0 Å². The van der Waals surface area contributed by atoms with Crippen molar-refractivity contribution in [1.82, 2.24) is 4.98 Å². The molecule has 0 aliphatic heterocycles. The molecule has 0 unspecified atom stereocenters. The first-order valence-corrected chi connectivity index (χ1v) is 6.39. The van der Waals surface area contributed by atoms with Crippen molar-refractivity contribution in [1.29, 1.82) is 0 Å². The van der Waals surface area contributed by atoms with Gasteiger partial charge in [0.1, 0.15) is 0 Å². The summed E-state index contributed by atoms with van der Waals surface area (Å²) in [6.45, 7) is 0.908. The number of rotatable bonds is 3. The van der Waals surface area contributed by atoms with Crippen molar-refractivity contribution in [2.45, 2.75) is 51.4 Å². The average Bonchev–Trinajstić information content (AvgIpc) is 2.30. The summed E-state index contributed by atoms with van der Waals surface area (Å²) in [7, 11) is 0. The van der Waals surface area contributed by atoms with Gasteiger partial charge in [-0.2, -0.15) is 0 Å². The lowest BCUT2D eigenvalue weighted by molar-refractivity contribution is 0.0171. The van der Waals surface area contributed by atoms with Gasteiger partial charge in [-0.05, 0) is 24.5 Å². The zero-order chi connectivity index (χ0) is 12.3. The van der Waals surface area contributed by atoms with Crippen LogP contribution in [0.1, 0.15) is 50.3 Å². The van der Waals surface area contributed by atoms with Crippen molar-refractivity contribution in [2.24, 2.45) is 5.92 Å². The second-order valence-corrected chi connectivity index (χ2v) is 5.13. The molecule has 1 nitrogen and oxygen atoms in total. The molecule has 3 heteroatoms. The maximum atomic E-state index is 13.0. The quantitative estimate of drug-likeness (QED) is 0.765. The van der Waals surface area contributed by atoms with Crippen LogP contribution in [0.4, 0.5) is 8.78 Å². The zero-order valence-electron chi connectivity index (χ0n) is 10.3. The summed E-state index contributed by atoms with van der Waals surface area (Å²) in [5.41, 5.74) is 0.954. The predicted molar refractivity (Wildman–Crippen MR) is 64.1 cm³/mol. The number of hydrogen-bond donors (Lipinski definition) is 0. The molecule has 0 aromatic carbocycles. The lowest BCUT2D eigenvalue weighted by Crippen LogP contribution is -2.11. The molecule has 0 saturated heterocycles. The number of halogens is 2. The van der Waals surface area contributed by atoms with Crippen LogP contribution in [-0.2, 0) is 12.3 Å². The van der Waals surface area contributed by atoms with Gasteiger partial charge in [-0.3, -0.25) is 4.98 Å². The molecule has 0 bridgehead atoms. The minimum Gasteiger partial charge on any atom is -0.261 e. The molecule has 1 aliphatic rings. The summed E-state index contributed by atoms with van der Waals surface area (Å²) >= 11 is 0. The van der Waals surface area contributed by atoms with Crippen LogP contribution in [0.15, 0.2) is 18.3 Å². The van der Waals surface area contributed by atoms with Gasteiger partial charge in [0, 0.05) is 24.4 Å². The van der Waals surface area contributed by atoms with Gasteiger partial charge in [0.15, 0.2) is 0 Å². The Balaban J connectivity index is 1.98. The van der Waals surface area contributed by atoms with Crippen LogP contribution in [0.3, 0.4) is 0 Å². The Kier molecular flexibility index (Phi) is 3.75. The highest BCUT2D eigenvalue weighted by Crippen LogP contribution is 2.28. The topological polar surface area (TPSA) is 12.9 Å². The predicted octanol–water partition coefficient (Wildman–Crippen LogP) is 4.32. The first-order valence-electron chi connectivity index (χ1n) is 6.39. The fraction of sp³-hybridized carbons (Fsp3) is 0.643. The van der Waals surface area contributed by atoms with Gasteiger partial charge in [0.2, 0.25) is 0 Å². The summed E-state index contributed by atoms with van der Waals surface area (Å²) in [6, 6.07) is 3.26.